The second-order valence-electron chi connectivity index (χ2n) is 6.52. The van der Waals surface area contributed by atoms with E-state index in [1.807, 2.05) is 0 Å². The Balaban J connectivity index is 1.87. The maximum Gasteiger partial charge on any atom is 0.133 e. The molecule has 0 spiro atoms. The average molecular weight is 273 g/mol. The summed E-state index contributed by atoms with van der Waals surface area (Å²) in [6, 6.07) is 2.22. The standard InChI is InChI=1S/C17H27N3/c1-4-18-9-16-12(2)8-13(3)19-17(16)20-10-14-6-5-7-15(14)11-20/h8,14-15,18H,4-7,9-11H2,1-3H3. The van der Waals surface area contributed by atoms with Gasteiger partial charge in [0, 0.05) is 30.9 Å². The van der Waals surface area contributed by atoms with E-state index in [4.69, 9.17) is 4.98 Å². The SMILES string of the molecule is CCNCc1c(C)cc(C)nc1N1CC2CCCC2C1. The van der Waals surface area contributed by atoms with Gasteiger partial charge < -0.3 is 10.2 Å². The lowest BCUT2D eigenvalue weighted by molar-refractivity contribution is 0.494. The van der Waals surface area contributed by atoms with Gasteiger partial charge in [0.1, 0.15) is 5.82 Å². The van der Waals surface area contributed by atoms with Crippen LogP contribution in [0.1, 0.15) is 43.0 Å². The Labute approximate surface area is 122 Å². The second-order valence-corrected chi connectivity index (χ2v) is 6.52. The fraction of sp³-hybridized carbons (Fsp3) is 0.706. The first kappa shape index (κ1) is 13.9. The maximum atomic E-state index is 4.88. The number of aryl methyl sites for hydroxylation is 2. The highest BCUT2D eigenvalue weighted by atomic mass is 15.2. The molecule has 20 heavy (non-hydrogen) atoms. The van der Waals surface area contributed by atoms with E-state index in [1.54, 1.807) is 0 Å². The van der Waals surface area contributed by atoms with Crippen LogP contribution >= 0.6 is 0 Å². The van der Waals surface area contributed by atoms with Gasteiger partial charge in [-0.1, -0.05) is 13.3 Å². The zero-order chi connectivity index (χ0) is 14.1. The van der Waals surface area contributed by atoms with Gasteiger partial charge in [-0.05, 0) is 56.7 Å². The van der Waals surface area contributed by atoms with Crippen molar-refractivity contribution >= 4 is 5.82 Å². The molecule has 1 N–H and O–H groups in total. The molecule has 110 valence electrons. The molecule has 0 aromatic carbocycles. The quantitative estimate of drug-likeness (QED) is 0.914. The van der Waals surface area contributed by atoms with Crippen molar-refractivity contribution in [2.24, 2.45) is 11.8 Å². The largest absolute Gasteiger partial charge is 0.356 e. The van der Waals surface area contributed by atoms with Gasteiger partial charge in [0.15, 0.2) is 0 Å². The van der Waals surface area contributed by atoms with Crippen LogP contribution in [0.3, 0.4) is 0 Å². The highest BCUT2D eigenvalue weighted by molar-refractivity contribution is 5.52. The van der Waals surface area contributed by atoms with Gasteiger partial charge in [0.2, 0.25) is 0 Å². The maximum absolute atomic E-state index is 4.88. The van der Waals surface area contributed by atoms with Gasteiger partial charge in [0.25, 0.3) is 0 Å². The molecule has 1 aliphatic heterocycles. The van der Waals surface area contributed by atoms with E-state index < -0.39 is 0 Å². The summed E-state index contributed by atoms with van der Waals surface area (Å²) in [5.41, 5.74) is 3.93. The van der Waals surface area contributed by atoms with Crippen LogP contribution in [0.15, 0.2) is 6.07 Å². The zero-order valence-corrected chi connectivity index (χ0v) is 13.1. The number of pyridine rings is 1. The number of anilines is 1. The van der Waals surface area contributed by atoms with E-state index in [1.165, 1.54) is 49.3 Å². The predicted molar refractivity (Wildman–Crippen MR) is 84.1 cm³/mol. The molecule has 2 atom stereocenters. The molecule has 0 amide bonds. The molecule has 3 rings (SSSR count). The second kappa shape index (κ2) is 5.72. The highest BCUT2D eigenvalue weighted by Crippen LogP contribution is 2.40. The number of rotatable bonds is 4. The van der Waals surface area contributed by atoms with Crippen LogP contribution in [0.25, 0.3) is 0 Å². The minimum atomic E-state index is 0.921. The molecular formula is C17H27N3. The molecular weight excluding hydrogens is 246 g/mol. The van der Waals surface area contributed by atoms with Gasteiger partial charge >= 0.3 is 0 Å². The summed E-state index contributed by atoms with van der Waals surface area (Å²) in [7, 11) is 0. The first-order valence-electron chi connectivity index (χ1n) is 8.11. The van der Waals surface area contributed by atoms with Gasteiger partial charge in [-0.3, -0.25) is 0 Å². The topological polar surface area (TPSA) is 28.2 Å². The van der Waals surface area contributed by atoms with E-state index in [-0.39, 0.29) is 0 Å². The molecule has 2 aliphatic rings. The first-order valence-corrected chi connectivity index (χ1v) is 8.11. The van der Waals surface area contributed by atoms with Crippen LogP contribution in [0.4, 0.5) is 5.82 Å². The fourth-order valence-electron chi connectivity index (χ4n) is 3.98. The molecule has 1 aromatic rings. The molecule has 0 bridgehead atoms. The summed E-state index contributed by atoms with van der Waals surface area (Å²) in [5, 5.41) is 3.47. The molecule has 2 unspecified atom stereocenters. The lowest BCUT2D eigenvalue weighted by Crippen LogP contribution is -2.26. The Morgan fingerprint density at radius 1 is 1.25 bits per heavy atom. The van der Waals surface area contributed by atoms with E-state index in [0.717, 1.165) is 30.6 Å². The summed E-state index contributed by atoms with van der Waals surface area (Å²) in [6.45, 7) is 10.9. The smallest absolute Gasteiger partial charge is 0.133 e. The van der Waals surface area contributed by atoms with Crippen molar-refractivity contribution in [3.8, 4) is 0 Å². The van der Waals surface area contributed by atoms with E-state index in [0.29, 0.717) is 0 Å². The summed E-state index contributed by atoms with van der Waals surface area (Å²) in [4.78, 5) is 7.44. The van der Waals surface area contributed by atoms with Gasteiger partial charge in [-0.2, -0.15) is 0 Å². The number of fused-ring (bicyclic) bond motifs is 1. The van der Waals surface area contributed by atoms with Crippen molar-refractivity contribution < 1.29 is 0 Å². The molecule has 2 fully saturated rings. The fourth-order valence-corrected chi connectivity index (χ4v) is 3.98. The van der Waals surface area contributed by atoms with Crippen LogP contribution in [-0.4, -0.2) is 24.6 Å². The van der Waals surface area contributed by atoms with Crippen molar-refractivity contribution in [3.63, 3.8) is 0 Å². The van der Waals surface area contributed by atoms with Crippen LogP contribution < -0.4 is 10.2 Å². The number of hydrogen-bond acceptors (Lipinski definition) is 3. The monoisotopic (exact) mass is 273 g/mol. The van der Waals surface area contributed by atoms with E-state index >= 15 is 0 Å². The zero-order valence-electron chi connectivity index (χ0n) is 13.1. The average Bonchev–Trinajstić information content (AvgIpc) is 2.97. The Bertz CT molecular complexity index is 471. The van der Waals surface area contributed by atoms with Crippen molar-refractivity contribution in [2.75, 3.05) is 24.5 Å². The van der Waals surface area contributed by atoms with E-state index in [9.17, 15) is 0 Å². The Kier molecular flexibility index (Phi) is 3.97. The Hall–Kier alpha value is -1.09. The number of hydrogen-bond donors (Lipinski definition) is 1. The molecule has 1 aromatic heterocycles. The van der Waals surface area contributed by atoms with Crippen LogP contribution in [0.2, 0.25) is 0 Å². The molecule has 0 radical (unpaired) electrons. The van der Waals surface area contributed by atoms with E-state index in [2.05, 4.69) is 37.1 Å². The molecule has 1 aliphatic carbocycles. The van der Waals surface area contributed by atoms with Crippen LogP contribution in [-0.2, 0) is 6.54 Å². The Morgan fingerprint density at radius 3 is 2.60 bits per heavy atom. The summed E-state index contributed by atoms with van der Waals surface area (Å²) in [5.74, 6) is 3.09. The Morgan fingerprint density at radius 2 is 1.95 bits per heavy atom. The van der Waals surface area contributed by atoms with Gasteiger partial charge in [0.05, 0.1) is 0 Å². The van der Waals surface area contributed by atoms with Crippen molar-refractivity contribution in [3.05, 3.63) is 22.9 Å². The third-order valence-electron chi connectivity index (χ3n) is 5.03. The van der Waals surface area contributed by atoms with Crippen molar-refractivity contribution in [1.29, 1.82) is 0 Å². The lowest BCUT2D eigenvalue weighted by atomic mass is 10.0. The first-order chi connectivity index (χ1) is 9.69. The molecule has 1 saturated carbocycles. The lowest BCUT2D eigenvalue weighted by Gasteiger charge is -2.23. The molecule has 2 heterocycles. The third-order valence-corrected chi connectivity index (χ3v) is 5.03. The number of nitrogens with one attached hydrogen (secondary N) is 1. The number of aromatic nitrogens is 1. The summed E-state index contributed by atoms with van der Waals surface area (Å²) in [6.07, 6.45) is 4.29. The van der Waals surface area contributed by atoms with Crippen molar-refractivity contribution in [1.82, 2.24) is 10.3 Å². The summed E-state index contributed by atoms with van der Waals surface area (Å²) < 4.78 is 0. The molecule has 3 heteroatoms. The molecule has 3 nitrogen and oxygen atoms in total. The minimum absolute atomic E-state index is 0.921. The van der Waals surface area contributed by atoms with Crippen molar-refractivity contribution in [2.45, 2.75) is 46.6 Å². The predicted octanol–water partition coefficient (Wildman–Crippen LogP) is 3.04. The third kappa shape index (κ3) is 2.56. The summed E-state index contributed by atoms with van der Waals surface area (Å²) >= 11 is 0. The normalized spacial score (nSPS) is 25.2. The number of nitrogens with zero attached hydrogens (tertiary/aromatic N) is 2. The van der Waals surface area contributed by atoms with Crippen LogP contribution in [0, 0.1) is 25.7 Å². The molecule has 1 saturated heterocycles. The van der Waals surface area contributed by atoms with Crippen LogP contribution in [0.5, 0.6) is 0 Å². The van der Waals surface area contributed by atoms with Gasteiger partial charge in [-0.15, -0.1) is 0 Å². The highest BCUT2D eigenvalue weighted by Gasteiger charge is 2.37. The van der Waals surface area contributed by atoms with Gasteiger partial charge in [-0.25, -0.2) is 4.98 Å². The minimum Gasteiger partial charge on any atom is -0.356 e.